The summed E-state index contributed by atoms with van der Waals surface area (Å²) < 4.78 is 12.6. The fraction of sp³-hybridized carbons (Fsp3) is 1.00. The number of rotatable bonds is 4. The van der Waals surface area contributed by atoms with E-state index in [4.69, 9.17) is 5.11 Å². The second-order valence-corrected chi connectivity index (χ2v) is 2.00. The van der Waals surface area contributed by atoms with Crippen LogP contribution in [-0.4, -0.2) is 27.1 Å². The molecule has 0 aliphatic carbocycles. The van der Waals surface area contributed by atoms with Crippen LogP contribution in [0.1, 0.15) is 6.42 Å². The van der Waals surface area contributed by atoms with Crippen molar-refractivity contribution in [2.24, 2.45) is 5.73 Å². The number of alkyl halides is 1. The number of nitrogens with zero attached hydrogens (tertiary/aromatic N) is 2. The van der Waals surface area contributed by atoms with Crippen LogP contribution in [0.5, 0.6) is 0 Å². The van der Waals surface area contributed by atoms with Crippen LogP contribution in [0, 0.1) is 20.2 Å². The lowest BCUT2D eigenvalue weighted by atomic mass is 10.3. The highest BCUT2D eigenvalue weighted by atomic mass is 19.2. The molecule has 0 amide bonds. The standard InChI is InChI=1S/C3H6FN3O5/c4-3(6(9)10,7(11)12)1-2(5)8/h2,8H,1,5H2. The molecule has 9 heteroatoms. The molecule has 0 heterocycles. The summed E-state index contributed by atoms with van der Waals surface area (Å²) in [6.45, 7) is 0. The molecule has 12 heavy (non-hydrogen) atoms. The van der Waals surface area contributed by atoms with Crippen LogP contribution < -0.4 is 5.73 Å². The van der Waals surface area contributed by atoms with Crippen molar-refractivity contribution in [1.29, 1.82) is 0 Å². The summed E-state index contributed by atoms with van der Waals surface area (Å²) in [5.74, 6) is -3.91. The van der Waals surface area contributed by atoms with Crippen LogP contribution in [0.25, 0.3) is 0 Å². The van der Waals surface area contributed by atoms with Gasteiger partial charge in [0.1, 0.15) is 16.1 Å². The summed E-state index contributed by atoms with van der Waals surface area (Å²) >= 11 is 0. The number of hydrogen-bond donors (Lipinski definition) is 2. The lowest BCUT2D eigenvalue weighted by Gasteiger charge is -2.08. The zero-order valence-electron chi connectivity index (χ0n) is 5.71. The molecule has 0 saturated carbocycles. The second kappa shape index (κ2) is 3.36. The van der Waals surface area contributed by atoms with Gasteiger partial charge in [-0.2, -0.15) is 0 Å². The predicted molar refractivity (Wildman–Crippen MR) is 32.6 cm³/mol. The average Bonchev–Trinajstić information content (AvgIpc) is 1.84. The Balaban J connectivity index is 4.63. The van der Waals surface area contributed by atoms with Crippen molar-refractivity contribution in [1.82, 2.24) is 0 Å². The topological polar surface area (TPSA) is 133 Å². The average molecular weight is 183 g/mol. The maximum atomic E-state index is 12.6. The highest BCUT2D eigenvalue weighted by molar-refractivity contribution is 4.56. The summed E-state index contributed by atoms with van der Waals surface area (Å²) in [5, 5.41) is 28.0. The molecule has 0 saturated heterocycles. The zero-order valence-corrected chi connectivity index (χ0v) is 5.71. The molecule has 0 spiro atoms. The molecule has 0 aromatic heterocycles. The maximum Gasteiger partial charge on any atom is 0.617 e. The third-order valence-electron chi connectivity index (χ3n) is 1.03. The summed E-state index contributed by atoms with van der Waals surface area (Å²) in [7, 11) is 0. The summed E-state index contributed by atoms with van der Waals surface area (Å²) in [6, 6.07) is 0. The quantitative estimate of drug-likeness (QED) is 0.244. The minimum Gasteiger partial charge on any atom is -0.378 e. The first-order chi connectivity index (χ1) is 5.30. The Morgan fingerprint density at radius 2 is 1.83 bits per heavy atom. The van der Waals surface area contributed by atoms with E-state index in [0.717, 1.165) is 0 Å². The van der Waals surface area contributed by atoms with E-state index >= 15 is 0 Å². The smallest absolute Gasteiger partial charge is 0.378 e. The van der Waals surface area contributed by atoms with Gasteiger partial charge in [-0.1, -0.05) is 4.39 Å². The van der Waals surface area contributed by atoms with E-state index in [2.05, 4.69) is 5.73 Å². The van der Waals surface area contributed by atoms with Gasteiger partial charge in [0.25, 0.3) is 0 Å². The molecule has 1 atom stereocenters. The van der Waals surface area contributed by atoms with Crippen LogP contribution in [0.15, 0.2) is 0 Å². The van der Waals surface area contributed by atoms with Gasteiger partial charge in [0.2, 0.25) is 0 Å². The Hall–Kier alpha value is -1.35. The summed E-state index contributed by atoms with van der Waals surface area (Å²) in [4.78, 5) is 16.1. The molecule has 1 unspecified atom stereocenters. The highest BCUT2D eigenvalue weighted by Crippen LogP contribution is 2.18. The van der Waals surface area contributed by atoms with E-state index in [0.29, 0.717) is 0 Å². The minimum absolute atomic E-state index is 1.38. The first-order valence-electron chi connectivity index (χ1n) is 2.72. The molecular weight excluding hydrogens is 177 g/mol. The van der Waals surface area contributed by atoms with Crippen molar-refractivity contribution in [2.45, 2.75) is 18.6 Å². The van der Waals surface area contributed by atoms with E-state index in [1.807, 2.05) is 0 Å². The third-order valence-corrected chi connectivity index (χ3v) is 1.03. The van der Waals surface area contributed by atoms with Gasteiger partial charge in [-0.25, -0.2) is 0 Å². The minimum atomic E-state index is -3.91. The van der Waals surface area contributed by atoms with Gasteiger partial charge in [-0.05, 0) is 0 Å². The molecule has 0 aromatic carbocycles. The SMILES string of the molecule is NC(O)CC(F)([N+](=O)[O-])[N+](=O)[O-]. The number of aliphatic hydroxyl groups is 1. The fourth-order valence-electron chi connectivity index (χ4n) is 0.482. The van der Waals surface area contributed by atoms with Gasteiger partial charge in [0.05, 0.1) is 0 Å². The number of aliphatic hydroxyl groups excluding tert-OH is 1. The van der Waals surface area contributed by atoms with Gasteiger partial charge in [0.15, 0.2) is 6.42 Å². The van der Waals surface area contributed by atoms with E-state index in [-0.39, 0.29) is 0 Å². The first-order valence-corrected chi connectivity index (χ1v) is 2.72. The molecule has 0 aliphatic rings. The molecule has 0 fully saturated rings. The lowest BCUT2D eigenvalue weighted by molar-refractivity contribution is -0.833. The molecular formula is C3H6FN3O5. The normalized spacial score (nSPS) is 13.9. The van der Waals surface area contributed by atoms with Crippen molar-refractivity contribution in [3.05, 3.63) is 20.2 Å². The Morgan fingerprint density at radius 1 is 1.50 bits per heavy atom. The first kappa shape index (κ1) is 10.7. The third kappa shape index (κ3) is 2.07. The van der Waals surface area contributed by atoms with E-state index in [1.165, 1.54) is 0 Å². The monoisotopic (exact) mass is 183 g/mol. The van der Waals surface area contributed by atoms with Crippen LogP contribution in [0.3, 0.4) is 0 Å². The molecule has 0 aromatic rings. The largest absolute Gasteiger partial charge is 0.617 e. The van der Waals surface area contributed by atoms with E-state index in [1.54, 1.807) is 0 Å². The number of hydrogen-bond acceptors (Lipinski definition) is 6. The van der Waals surface area contributed by atoms with Crippen molar-refractivity contribution in [2.75, 3.05) is 0 Å². The highest BCUT2D eigenvalue weighted by Gasteiger charge is 2.58. The summed E-state index contributed by atoms with van der Waals surface area (Å²) in [5.41, 5.74) is 4.56. The Bertz CT molecular complexity index is 192. The molecule has 70 valence electrons. The molecule has 8 nitrogen and oxygen atoms in total. The van der Waals surface area contributed by atoms with Crippen molar-refractivity contribution >= 4 is 0 Å². The molecule has 3 N–H and O–H groups in total. The second-order valence-electron chi connectivity index (χ2n) is 2.00. The van der Waals surface area contributed by atoms with Crippen LogP contribution in [0.2, 0.25) is 0 Å². The lowest BCUT2D eigenvalue weighted by Crippen LogP contribution is -2.46. The van der Waals surface area contributed by atoms with Crippen molar-refractivity contribution in [3.63, 3.8) is 0 Å². The van der Waals surface area contributed by atoms with Crippen LogP contribution >= 0.6 is 0 Å². The zero-order chi connectivity index (χ0) is 9.94. The van der Waals surface area contributed by atoms with Crippen molar-refractivity contribution in [3.8, 4) is 0 Å². The van der Waals surface area contributed by atoms with Gasteiger partial charge in [-0.15, -0.1) is 0 Å². The predicted octanol–water partition coefficient (Wildman–Crippen LogP) is -1.17. The van der Waals surface area contributed by atoms with Crippen LogP contribution in [-0.2, 0) is 0 Å². The molecule has 0 aliphatic heterocycles. The van der Waals surface area contributed by atoms with Gasteiger partial charge >= 0.3 is 5.92 Å². The van der Waals surface area contributed by atoms with Gasteiger partial charge in [-0.3, -0.25) is 20.2 Å². The molecule has 0 bridgehead atoms. The number of halogens is 1. The Labute approximate surface area is 65.1 Å². The van der Waals surface area contributed by atoms with Crippen molar-refractivity contribution < 1.29 is 19.3 Å². The maximum absolute atomic E-state index is 12.6. The van der Waals surface area contributed by atoms with Crippen LogP contribution in [0.4, 0.5) is 4.39 Å². The summed E-state index contributed by atoms with van der Waals surface area (Å²) in [6.07, 6.45) is -3.32. The van der Waals surface area contributed by atoms with E-state index < -0.39 is 28.4 Å². The Kier molecular flexibility index (Phi) is 2.99. The number of nitro groups is 2. The molecule has 0 rings (SSSR count). The molecule has 0 radical (unpaired) electrons. The Morgan fingerprint density at radius 3 is 1.92 bits per heavy atom. The van der Waals surface area contributed by atoms with E-state index in [9.17, 15) is 24.6 Å². The fourth-order valence-corrected chi connectivity index (χ4v) is 0.482. The number of nitrogens with two attached hydrogens (primary N) is 1. The van der Waals surface area contributed by atoms with Gasteiger partial charge < -0.3 is 10.8 Å². The van der Waals surface area contributed by atoms with Gasteiger partial charge in [0, 0.05) is 0 Å².